The molecule has 4 rings (SSSR count). The Labute approximate surface area is 181 Å². The van der Waals surface area contributed by atoms with Gasteiger partial charge in [0.15, 0.2) is 0 Å². The number of para-hydroxylation sites is 2. The van der Waals surface area contributed by atoms with Crippen molar-refractivity contribution in [2.45, 2.75) is 25.8 Å². The number of nitrogens with one attached hydrogen (secondary N) is 1. The highest BCUT2D eigenvalue weighted by Gasteiger charge is 2.23. The number of esters is 1. The number of ether oxygens (including phenoxy) is 1. The highest BCUT2D eigenvalue weighted by atomic mass is 32.2. The van der Waals surface area contributed by atoms with Crippen LogP contribution in [0.1, 0.15) is 22.1 Å². The van der Waals surface area contributed by atoms with Gasteiger partial charge in [-0.25, -0.2) is 19.7 Å². The minimum Gasteiger partial charge on any atom is -0.510 e. The van der Waals surface area contributed by atoms with Gasteiger partial charge in [0, 0.05) is 10.3 Å². The summed E-state index contributed by atoms with van der Waals surface area (Å²) < 4.78 is 4.90. The number of hydrogen-bond donors (Lipinski definition) is 2. The maximum Gasteiger partial charge on any atom is 0.345 e. The van der Waals surface area contributed by atoms with Gasteiger partial charge in [0.05, 0.1) is 23.9 Å². The first kappa shape index (κ1) is 20.4. The molecule has 0 atom stereocenters. The topological polar surface area (TPSA) is 101 Å². The Balaban J connectivity index is 1.73. The standard InChI is InChI=1S/C21H20N4O3S2/c1-10-11(2)30-20-16(10)19(22-12(3)23-20)29-9-15(26)17(21(27)28-4)18-24-13-7-5-6-8-14(13)25-18/h5-8,26H,9H2,1-4H3,(H,24,25)/b17-15+. The summed E-state index contributed by atoms with van der Waals surface area (Å²) >= 11 is 2.98. The first-order valence-electron chi connectivity index (χ1n) is 9.21. The van der Waals surface area contributed by atoms with Gasteiger partial charge in [-0.3, -0.25) is 0 Å². The summed E-state index contributed by atoms with van der Waals surface area (Å²) in [4.78, 5) is 31.1. The number of aliphatic hydroxyl groups excluding tert-OH is 1. The Kier molecular flexibility index (Phi) is 5.48. The quantitative estimate of drug-likeness (QED) is 0.152. The molecular formula is C21H20N4O3S2. The molecule has 3 aromatic heterocycles. The van der Waals surface area contributed by atoms with Crippen molar-refractivity contribution in [2.24, 2.45) is 0 Å². The predicted octanol–water partition coefficient (Wildman–Crippen LogP) is 4.73. The molecule has 0 unspecified atom stereocenters. The zero-order valence-electron chi connectivity index (χ0n) is 16.9. The molecule has 9 heteroatoms. The van der Waals surface area contributed by atoms with Crippen LogP contribution >= 0.6 is 23.1 Å². The molecule has 0 saturated heterocycles. The van der Waals surface area contributed by atoms with Crippen molar-refractivity contribution >= 4 is 55.9 Å². The minimum absolute atomic E-state index is 0.0152. The summed E-state index contributed by atoms with van der Waals surface area (Å²) in [6, 6.07) is 7.42. The van der Waals surface area contributed by atoms with E-state index in [-0.39, 0.29) is 22.9 Å². The fourth-order valence-electron chi connectivity index (χ4n) is 3.15. The third-order valence-electron chi connectivity index (χ3n) is 4.76. The average molecular weight is 441 g/mol. The number of hydrogen-bond acceptors (Lipinski definition) is 8. The predicted molar refractivity (Wildman–Crippen MR) is 120 cm³/mol. The largest absolute Gasteiger partial charge is 0.510 e. The van der Waals surface area contributed by atoms with Crippen LogP contribution in [0.15, 0.2) is 35.1 Å². The summed E-state index contributed by atoms with van der Waals surface area (Å²) in [5.41, 5.74) is 2.62. The summed E-state index contributed by atoms with van der Waals surface area (Å²) in [5, 5.41) is 12.6. The molecule has 2 N–H and O–H groups in total. The number of imidazole rings is 1. The first-order chi connectivity index (χ1) is 14.4. The zero-order valence-corrected chi connectivity index (χ0v) is 18.6. The molecule has 0 bridgehead atoms. The number of benzene rings is 1. The Hall–Kier alpha value is -2.91. The van der Waals surface area contributed by atoms with Gasteiger partial charge in [-0.2, -0.15) is 0 Å². The normalized spacial score (nSPS) is 12.4. The maximum absolute atomic E-state index is 12.4. The van der Waals surface area contributed by atoms with Crippen LogP contribution in [0.3, 0.4) is 0 Å². The third kappa shape index (κ3) is 3.66. The van der Waals surface area contributed by atoms with Gasteiger partial charge in [-0.15, -0.1) is 11.3 Å². The highest BCUT2D eigenvalue weighted by molar-refractivity contribution is 7.99. The zero-order chi connectivity index (χ0) is 21.4. The number of methoxy groups -OCH3 is 1. The van der Waals surface area contributed by atoms with Crippen LogP contribution in [0.25, 0.3) is 26.8 Å². The Morgan fingerprint density at radius 1 is 1.20 bits per heavy atom. The molecule has 0 amide bonds. The lowest BCUT2D eigenvalue weighted by Crippen LogP contribution is -2.10. The highest BCUT2D eigenvalue weighted by Crippen LogP contribution is 2.36. The lowest BCUT2D eigenvalue weighted by Gasteiger charge is -2.08. The summed E-state index contributed by atoms with van der Waals surface area (Å²) in [6.45, 7) is 5.94. The number of aromatic nitrogens is 4. The second kappa shape index (κ2) is 8.08. The van der Waals surface area contributed by atoms with Gasteiger partial charge in [0.1, 0.15) is 32.8 Å². The van der Waals surface area contributed by atoms with E-state index in [9.17, 15) is 9.90 Å². The minimum atomic E-state index is -0.654. The van der Waals surface area contributed by atoms with Gasteiger partial charge in [-0.1, -0.05) is 23.9 Å². The molecule has 0 fully saturated rings. The SMILES string of the molecule is COC(=O)/C(=C(/O)CSc1nc(C)nc2sc(C)c(C)c12)c1nc2ccccc2[nH]1. The number of aromatic amines is 1. The van der Waals surface area contributed by atoms with Crippen LogP contribution in [0.4, 0.5) is 0 Å². The van der Waals surface area contributed by atoms with Crippen LogP contribution < -0.4 is 0 Å². The Bertz CT molecular complexity index is 1270. The van der Waals surface area contributed by atoms with Gasteiger partial charge >= 0.3 is 5.97 Å². The number of rotatable bonds is 5. The molecule has 30 heavy (non-hydrogen) atoms. The lowest BCUT2D eigenvalue weighted by molar-refractivity contribution is -0.133. The van der Waals surface area contributed by atoms with Gasteiger partial charge in [-0.05, 0) is 38.5 Å². The Morgan fingerprint density at radius 2 is 1.97 bits per heavy atom. The average Bonchev–Trinajstić information content (AvgIpc) is 3.26. The first-order valence-corrected chi connectivity index (χ1v) is 11.0. The second-order valence-electron chi connectivity index (χ2n) is 6.74. The van der Waals surface area contributed by atoms with Gasteiger partial charge < -0.3 is 14.8 Å². The molecule has 0 aliphatic carbocycles. The smallest absolute Gasteiger partial charge is 0.345 e. The van der Waals surface area contributed by atoms with Crippen LogP contribution in [0.5, 0.6) is 0 Å². The molecule has 0 radical (unpaired) electrons. The third-order valence-corrected chi connectivity index (χ3v) is 6.84. The number of H-pyrrole nitrogens is 1. The van der Waals surface area contributed by atoms with Crippen molar-refractivity contribution in [3.05, 3.63) is 52.1 Å². The molecule has 0 spiro atoms. The number of carbonyl (C=O) groups excluding carboxylic acids is 1. The molecule has 0 aliphatic rings. The van der Waals surface area contributed by atoms with Crippen LogP contribution in [-0.4, -0.2) is 43.9 Å². The number of fused-ring (bicyclic) bond motifs is 2. The molecule has 3 heterocycles. The van der Waals surface area contributed by atoms with Crippen molar-refractivity contribution in [3.8, 4) is 0 Å². The molecule has 0 saturated carbocycles. The molecule has 1 aromatic carbocycles. The van der Waals surface area contributed by atoms with Crippen molar-refractivity contribution in [2.75, 3.05) is 12.9 Å². The molecule has 4 aromatic rings. The van der Waals surface area contributed by atoms with E-state index in [1.165, 1.54) is 23.7 Å². The van der Waals surface area contributed by atoms with Crippen molar-refractivity contribution in [3.63, 3.8) is 0 Å². The number of thioether (sulfide) groups is 1. The van der Waals surface area contributed by atoms with E-state index in [2.05, 4.69) is 26.9 Å². The van der Waals surface area contributed by atoms with Crippen LogP contribution in [0, 0.1) is 20.8 Å². The number of aryl methyl sites for hydroxylation is 3. The Morgan fingerprint density at radius 3 is 2.70 bits per heavy atom. The number of carbonyl (C=O) groups is 1. The van der Waals surface area contributed by atoms with Crippen molar-refractivity contribution < 1.29 is 14.6 Å². The summed E-state index contributed by atoms with van der Waals surface area (Å²) in [6.07, 6.45) is 0. The number of aliphatic hydroxyl groups is 1. The van der Waals surface area contributed by atoms with E-state index < -0.39 is 5.97 Å². The van der Waals surface area contributed by atoms with Crippen LogP contribution in [0.2, 0.25) is 0 Å². The fourth-order valence-corrected chi connectivity index (χ4v) is 5.30. The molecule has 7 nitrogen and oxygen atoms in total. The van der Waals surface area contributed by atoms with E-state index in [1.807, 2.05) is 38.1 Å². The summed E-state index contributed by atoms with van der Waals surface area (Å²) in [7, 11) is 1.28. The fraction of sp³-hybridized carbons (Fsp3) is 0.238. The van der Waals surface area contributed by atoms with Crippen molar-refractivity contribution in [1.82, 2.24) is 19.9 Å². The molecule has 0 aliphatic heterocycles. The van der Waals surface area contributed by atoms with Gasteiger partial charge in [0.25, 0.3) is 0 Å². The van der Waals surface area contributed by atoms with Gasteiger partial charge in [0.2, 0.25) is 0 Å². The molecule has 154 valence electrons. The summed E-state index contributed by atoms with van der Waals surface area (Å²) in [5.74, 6) is 0.299. The van der Waals surface area contributed by atoms with Crippen LogP contribution in [-0.2, 0) is 9.53 Å². The van der Waals surface area contributed by atoms with E-state index in [0.29, 0.717) is 11.3 Å². The van der Waals surface area contributed by atoms with Crippen molar-refractivity contribution in [1.29, 1.82) is 0 Å². The number of nitrogens with zero attached hydrogens (tertiary/aromatic N) is 3. The van der Waals surface area contributed by atoms with E-state index in [0.717, 1.165) is 26.3 Å². The second-order valence-corrected chi connectivity index (χ2v) is 8.91. The maximum atomic E-state index is 12.4. The van der Waals surface area contributed by atoms with E-state index in [4.69, 9.17) is 4.74 Å². The van der Waals surface area contributed by atoms with E-state index >= 15 is 0 Å². The number of thiophene rings is 1. The lowest BCUT2D eigenvalue weighted by atomic mass is 10.2. The molecular weight excluding hydrogens is 420 g/mol. The monoisotopic (exact) mass is 440 g/mol. The van der Waals surface area contributed by atoms with E-state index in [1.54, 1.807) is 11.3 Å².